The molecule has 0 heterocycles. The molecule has 1 aromatic rings. The van der Waals surface area contributed by atoms with Gasteiger partial charge in [0, 0.05) is 26.2 Å². The quantitative estimate of drug-likeness (QED) is 0.711. The van der Waals surface area contributed by atoms with Crippen molar-refractivity contribution in [3.63, 3.8) is 0 Å². The van der Waals surface area contributed by atoms with E-state index < -0.39 is 8.07 Å². The van der Waals surface area contributed by atoms with E-state index in [1.807, 2.05) is 0 Å². The van der Waals surface area contributed by atoms with Crippen LogP contribution in [-0.4, -0.2) is 39.3 Å². The van der Waals surface area contributed by atoms with Crippen LogP contribution in [-0.2, 0) is 11.3 Å². The molecule has 1 aliphatic carbocycles. The monoisotopic (exact) mass is 277 g/mol. The van der Waals surface area contributed by atoms with Crippen LogP contribution < -0.4 is 5.19 Å². The van der Waals surface area contributed by atoms with Crippen LogP contribution in [0.15, 0.2) is 24.3 Å². The molecule has 0 unspecified atom stereocenters. The molecule has 1 aromatic carbocycles. The Morgan fingerprint density at radius 1 is 1.16 bits per heavy atom. The smallest absolute Gasteiger partial charge is 0.0775 e. The molecule has 1 aliphatic rings. The van der Waals surface area contributed by atoms with Gasteiger partial charge < -0.3 is 4.74 Å². The largest absolute Gasteiger partial charge is 0.383 e. The Bertz CT molecular complexity index is 392. The summed E-state index contributed by atoms with van der Waals surface area (Å²) in [5, 5.41) is 1.55. The van der Waals surface area contributed by atoms with Crippen LogP contribution in [0.4, 0.5) is 0 Å². The highest BCUT2D eigenvalue weighted by molar-refractivity contribution is 6.88. The van der Waals surface area contributed by atoms with E-state index in [1.165, 1.54) is 18.4 Å². The highest BCUT2D eigenvalue weighted by Gasteiger charge is 2.28. The van der Waals surface area contributed by atoms with E-state index in [4.69, 9.17) is 4.74 Å². The third-order valence-corrected chi connectivity index (χ3v) is 5.92. The van der Waals surface area contributed by atoms with Gasteiger partial charge in [0.05, 0.1) is 14.7 Å². The summed E-state index contributed by atoms with van der Waals surface area (Å²) in [5.41, 5.74) is 1.44. The Morgan fingerprint density at radius 2 is 1.79 bits per heavy atom. The normalized spacial score (nSPS) is 16.1. The van der Waals surface area contributed by atoms with Gasteiger partial charge in [-0.05, 0) is 18.4 Å². The summed E-state index contributed by atoms with van der Waals surface area (Å²) in [7, 11) is 0.625. The van der Waals surface area contributed by atoms with Crippen LogP contribution in [0, 0.1) is 0 Å². The maximum atomic E-state index is 5.22. The predicted molar refractivity (Wildman–Crippen MR) is 84.7 cm³/mol. The average Bonchev–Trinajstić information content (AvgIpc) is 3.18. The Labute approximate surface area is 118 Å². The Morgan fingerprint density at radius 3 is 2.26 bits per heavy atom. The van der Waals surface area contributed by atoms with E-state index in [0.717, 1.165) is 25.7 Å². The zero-order valence-corrected chi connectivity index (χ0v) is 13.8. The standard InChI is InChI=1S/C16H27NOSi/c1-18-12-11-17(15-7-8-15)13-14-5-9-16(10-6-14)19(2,3)4/h5-6,9-10,15H,7-8,11-13H2,1-4H3. The molecule has 0 amide bonds. The number of benzene rings is 1. The molecule has 106 valence electrons. The first kappa shape index (κ1) is 14.8. The van der Waals surface area contributed by atoms with Crippen molar-refractivity contribution in [3.05, 3.63) is 29.8 Å². The van der Waals surface area contributed by atoms with E-state index in [9.17, 15) is 0 Å². The fourth-order valence-electron chi connectivity index (χ4n) is 2.38. The first-order valence-corrected chi connectivity index (χ1v) is 10.8. The van der Waals surface area contributed by atoms with Gasteiger partial charge in [-0.25, -0.2) is 0 Å². The second-order valence-corrected chi connectivity index (χ2v) is 11.7. The van der Waals surface area contributed by atoms with Crippen LogP contribution in [0.25, 0.3) is 0 Å². The SMILES string of the molecule is COCCN(Cc1ccc([Si](C)(C)C)cc1)C1CC1. The maximum absolute atomic E-state index is 5.22. The van der Waals surface area contributed by atoms with Crippen molar-refractivity contribution < 1.29 is 4.74 Å². The summed E-state index contributed by atoms with van der Waals surface area (Å²) < 4.78 is 5.22. The predicted octanol–water partition coefficient (Wildman–Crippen LogP) is 2.84. The lowest BCUT2D eigenvalue weighted by molar-refractivity contribution is 0.139. The molecule has 0 aliphatic heterocycles. The highest BCUT2D eigenvalue weighted by Crippen LogP contribution is 2.27. The molecule has 2 nitrogen and oxygen atoms in total. The lowest BCUT2D eigenvalue weighted by atomic mass is 10.2. The van der Waals surface area contributed by atoms with Gasteiger partial charge in [0.15, 0.2) is 0 Å². The lowest BCUT2D eigenvalue weighted by Gasteiger charge is -2.22. The van der Waals surface area contributed by atoms with Crippen molar-refractivity contribution >= 4 is 13.3 Å². The van der Waals surface area contributed by atoms with Gasteiger partial charge in [-0.2, -0.15) is 0 Å². The number of hydrogen-bond acceptors (Lipinski definition) is 2. The molecular weight excluding hydrogens is 250 g/mol. The first-order valence-electron chi connectivity index (χ1n) is 7.33. The summed E-state index contributed by atoms with van der Waals surface area (Å²) in [6.07, 6.45) is 2.72. The van der Waals surface area contributed by atoms with Crippen LogP contribution in [0.5, 0.6) is 0 Å². The molecule has 0 saturated heterocycles. The van der Waals surface area contributed by atoms with Gasteiger partial charge in [-0.15, -0.1) is 0 Å². The summed E-state index contributed by atoms with van der Waals surface area (Å²) in [6.45, 7) is 10.2. The van der Waals surface area contributed by atoms with Crippen molar-refractivity contribution in [2.75, 3.05) is 20.3 Å². The molecule has 0 atom stereocenters. The van der Waals surface area contributed by atoms with E-state index in [1.54, 1.807) is 12.3 Å². The lowest BCUT2D eigenvalue weighted by Crippen LogP contribution is -2.37. The van der Waals surface area contributed by atoms with Crippen molar-refractivity contribution in [2.45, 2.75) is 45.1 Å². The van der Waals surface area contributed by atoms with Gasteiger partial charge in [0.2, 0.25) is 0 Å². The van der Waals surface area contributed by atoms with Gasteiger partial charge >= 0.3 is 0 Å². The Balaban J connectivity index is 1.97. The fourth-order valence-corrected chi connectivity index (χ4v) is 3.55. The molecule has 3 heteroatoms. The van der Waals surface area contributed by atoms with Crippen molar-refractivity contribution in [2.24, 2.45) is 0 Å². The number of hydrogen-bond donors (Lipinski definition) is 0. The van der Waals surface area contributed by atoms with Crippen LogP contribution in [0.2, 0.25) is 19.6 Å². The van der Waals surface area contributed by atoms with Gasteiger partial charge in [-0.3, -0.25) is 4.90 Å². The number of ether oxygens (including phenoxy) is 1. The summed E-state index contributed by atoms with van der Waals surface area (Å²) in [6, 6.07) is 10.1. The minimum Gasteiger partial charge on any atom is -0.383 e. The Kier molecular flexibility index (Phi) is 4.82. The van der Waals surface area contributed by atoms with E-state index in [2.05, 4.69) is 48.8 Å². The maximum Gasteiger partial charge on any atom is 0.0775 e. The summed E-state index contributed by atoms with van der Waals surface area (Å²) in [5.74, 6) is 0. The van der Waals surface area contributed by atoms with E-state index in [0.29, 0.717) is 0 Å². The molecule has 2 rings (SSSR count). The summed E-state index contributed by atoms with van der Waals surface area (Å²) >= 11 is 0. The molecule has 0 radical (unpaired) electrons. The van der Waals surface area contributed by atoms with E-state index in [-0.39, 0.29) is 0 Å². The highest BCUT2D eigenvalue weighted by atomic mass is 28.3. The third kappa shape index (κ3) is 4.44. The van der Waals surface area contributed by atoms with Crippen LogP contribution in [0.1, 0.15) is 18.4 Å². The number of nitrogens with zero attached hydrogens (tertiary/aromatic N) is 1. The second-order valence-electron chi connectivity index (χ2n) is 6.64. The molecule has 19 heavy (non-hydrogen) atoms. The van der Waals surface area contributed by atoms with Gasteiger partial charge in [0.1, 0.15) is 0 Å². The molecule has 0 bridgehead atoms. The molecule has 0 aromatic heterocycles. The average molecular weight is 277 g/mol. The number of methoxy groups -OCH3 is 1. The van der Waals surface area contributed by atoms with Crippen molar-refractivity contribution in [1.82, 2.24) is 4.90 Å². The zero-order valence-electron chi connectivity index (χ0n) is 12.8. The molecule has 0 N–H and O–H groups in total. The van der Waals surface area contributed by atoms with Crippen LogP contribution in [0.3, 0.4) is 0 Å². The molecule has 1 fully saturated rings. The van der Waals surface area contributed by atoms with Gasteiger partial charge in [-0.1, -0.05) is 49.1 Å². The molecule has 0 spiro atoms. The third-order valence-electron chi connectivity index (χ3n) is 3.85. The van der Waals surface area contributed by atoms with Crippen molar-refractivity contribution in [1.29, 1.82) is 0 Å². The molecular formula is C16H27NOSi. The first-order chi connectivity index (χ1) is 9.00. The van der Waals surface area contributed by atoms with Crippen LogP contribution >= 0.6 is 0 Å². The second kappa shape index (κ2) is 6.20. The number of rotatable bonds is 7. The Hall–Kier alpha value is -0.643. The van der Waals surface area contributed by atoms with Crippen molar-refractivity contribution in [3.8, 4) is 0 Å². The van der Waals surface area contributed by atoms with Gasteiger partial charge in [0.25, 0.3) is 0 Å². The zero-order chi connectivity index (χ0) is 13.9. The molecule has 1 saturated carbocycles. The fraction of sp³-hybridized carbons (Fsp3) is 0.625. The van der Waals surface area contributed by atoms with E-state index >= 15 is 0 Å². The minimum atomic E-state index is -1.16. The minimum absolute atomic E-state index is 0.798. The summed E-state index contributed by atoms with van der Waals surface area (Å²) in [4.78, 5) is 2.56. The topological polar surface area (TPSA) is 12.5 Å².